The predicted octanol–water partition coefficient (Wildman–Crippen LogP) is 19.3. The van der Waals surface area contributed by atoms with Gasteiger partial charge < -0.3 is 18.9 Å². The first kappa shape index (κ1) is 63.9. The molecule has 10 aromatic rings. The molecular formula is C64H61BBr2NO6S5. The molecule has 1 radical (unpaired) electrons. The Bertz CT molecular complexity index is 3520. The molecule has 0 bridgehead atoms. The van der Waals surface area contributed by atoms with Gasteiger partial charge in [-0.2, -0.15) is 0 Å². The molecule has 8 aromatic carbocycles. The van der Waals surface area contributed by atoms with Crippen molar-refractivity contribution in [2.24, 2.45) is 4.30 Å². The third kappa shape index (κ3) is 20.6. The maximum absolute atomic E-state index is 12.0. The fraction of sp³-hybridized carbons (Fsp3) is 0.156. The summed E-state index contributed by atoms with van der Waals surface area (Å²) in [6, 6.07) is 62.5. The fourth-order valence-electron chi connectivity index (χ4n) is 7.15. The van der Waals surface area contributed by atoms with Gasteiger partial charge in [0.1, 0.15) is 23.0 Å². The molecule has 79 heavy (non-hydrogen) atoms. The molecule has 2 aromatic heterocycles. The molecule has 0 N–H and O–H groups in total. The summed E-state index contributed by atoms with van der Waals surface area (Å²) in [7, 11) is 11.0. The van der Waals surface area contributed by atoms with E-state index in [1.54, 1.807) is 51.1 Å². The summed E-state index contributed by atoms with van der Waals surface area (Å²) >= 11 is 19.3. The van der Waals surface area contributed by atoms with Crippen molar-refractivity contribution in [2.45, 2.75) is 37.5 Å². The number of alkyl halides is 1. The van der Waals surface area contributed by atoms with E-state index in [2.05, 4.69) is 162 Å². The zero-order valence-electron chi connectivity index (χ0n) is 45.2. The molecule has 2 heterocycles. The van der Waals surface area contributed by atoms with Gasteiger partial charge in [0.15, 0.2) is 11.6 Å². The van der Waals surface area contributed by atoms with Crippen molar-refractivity contribution in [1.29, 1.82) is 0 Å². The molecule has 0 atom stereocenters. The molecule has 0 aliphatic carbocycles. The number of ether oxygens (including phenoxy) is 4. The van der Waals surface area contributed by atoms with Crippen LogP contribution in [0.15, 0.2) is 207 Å². The van der Waals surface area contributed by atoms with Gasteiger partial charge in [0, 0.05) is 49.9 Å². The van der Waals surface area contributed by atoms with E-state index in [4.69, 9.17) is 18.9 Å². The second-order valence-electron chi connectivity index (χ2n) is 17.4. The van der Waals surface area contributed by atoms with Crippen LogP contribution in [0.1, 0.15) is 43.0 Å². The molecule has 7 nitrogen and oxygen atoms in total. The number of thioether (sulfide) groups is 1. The Labute approximate surface area is 506 Å². The van der Waals surface area contributed by atoms with Gasteiger partial charge in [-0.1, -0.05) is 147 Å². The Kier molecular flexibility index (Phi) is 27.2. The number of nitrogens with zero attached hydrogens (tertiary/aromatic N) is 1. The summed E-state index contributed by atoms with van der Waals surface area (Å²) in [6.45, 7) is 8.23. The van der Waals surface area contributed by atoms with Crippen LogP contribution < -0.4 is 18.9 Å². The Morgan fingerprint density at radius 3 is 1.51 bits per heavy atom. The number of Topliss-reactive ketones (excluding diaryl/α,β-unsaturated/α-hetero) is 2. The molecule has 0 amide bonds. The quantitative estimate of drug-likeness (QED) is 0.0415. The number of rotatable bonds is 12. The topological polar surface area (TPSA) is 83.4 Å². The number of methoxy groups -OCH3 is 4. The first-order valence-electron chi connectivity index (χ1n) is 24.5. The van der Waals surface area contributed by atoms with Crippen LogP contribution in [0.4, 0.5) is 0 Å². The van der Waals surface area contributed by atoms with Gasteiger partial charge >= 0.3 is 24.8 Å². The molecule has 0 spiro atoms. The number of halogens is 2. The number of ketones is 2. The Balaban J connectivity index is 0.000000184. The van der Waals surface area contributed by atoms with Gasteiger partial charge in [-0.3, -0.25) is 9.59 Å². The number of thiol groups is 2. The fourth-order valence-corrected chi connectivity index (χ4v) is 11.7. The number of carbonyl (C=O) groups excluding carboxylic acids is 2. The van der Waals surface area contributed by atoms with E-state index in [-0.39, 0.29) is 11.6 Å². The monoisotopic (exact) mass is 1270 g/mol. The Morgan fingerprint density at radius 2 is 1.00 bits per heavy atom. The van der Waals surface area contributed by atoms with Crippen LogP contribution in [0.25, 0.3) is 41.1 Å². The number of carbonyl (C=O) groups is 2. The second kappa shape index (κ2) is 33.6. The molecule has 15 heteroatoms. The van der Waals surface area contributed by atoms with Crippen molar-refractivity contribution < 1.29 is 28.5 Å². The molecule has 0 aliphatic heterocycles. The number of thiophene rings is 2. The van der Waals surface area contributed by atoms with Gasteiger partial charge in [-0.25, -0.2) is 0 Å². The van der Waals surface area contributed by atoms with Crippen LogP contribution in [0.3, 0.4) is 0 Å². The average molecular weight is 1270 g/mol. The average Bonchev–Trinajstić information content (AvgIpc) is 4.06. The van der Waals surface area contributed by atoms with Crippen LogP contribution in [0.2, 0.25) is 0 Å². The van der Waals surface area contributed by atoms with E-state index >= 15 is 0 Å². The van der Waals surface area contributed by atoms with E-state index in [1.165, 1.54) is 74.0 Å². The minimum atomic E-state index is 0.130. The van der Waals surface area contributed by atoms with Crippen molar-refractivity contribution in [3.63, 3.8) is 0 Å². The van der Waals surface area contributed by atoms with E-state index in [0.717, 1.165) is 49.5 Å². The van der Waals surface area contributed by atoms with Crippen LogP contribution >= 0.6 is 91.7 Å². The molecule has 0 unspecified atom stereocenters. The third-order valence-electron chi connectivity index (χ3n) is 11.5. The van der Waals surface area contributed by atoms with Crippen LogP contribution in [0, 0.1) is 27.7 Å². The normalized spacial score (nSPS) is 10.1. The predicted molar refractivity (Wildman–Crippen MR) is 351 cm³/mol. The van der Waals surface area contributed by atoms with Gasteiger partial charge in [0.2, 0.25) is 0 Å². The molecule has 0 saturated carbocycles. The number of hydrogen-bond donors (Lipinski definition) is 2. The van der Waals surface area contributed by atoms with Crippen molar-refractivity contribution in [2.75, 3.05) is 39.5 Å². The SMILES string of the molecule is COc1ccc2c(Br)c(-c3ccc(C)cc3)sc2c1.COc1ccc2cc(-c3ccc(C)cc3)sc2c1.COc1cccc(S)c1.COc1cccc(SCC(=O)c2ccc(C)cc2)c1.Cc1ccc(C(=O)CBr)cc1.[B]=NS. The van der Waals surface area contributed by atoms with Crippen LogP contribution in [-0.4, -0.2) is 58.7 Å². The second-order valence-corrected chi connectivity index (χ2v) is 22.6. The van der Waals surface area contributed by atoms with Crippen molar-refractivity contribution in [3.8, 4) is 43.9 Å². The summed E-state index contributed by atoms with van der Waals surface area (Å²) in [5.74, 6) is 4.19. The summed E-state index contributed by atoms with van der Waals surface area (Å²) < 4.78 is 27.0. The van der Waals surface area contributed by atoms with Crippen molar-refractivity contribution in [3.05, 3.63) is 226 Å². The van der Waals surface area contributed by atoms with Gasteiger partial charge in [0.25, 0.3) is 0 Å². The molecule has 0 fully saturated rings. The zero-order chi connectivity index (χ0) is 57.3. The summed E-state index contributed by atoms with van der Waals surface area (Å²) in [5, 5.41) is 2.91. The van der Waals surface area contributed by atoms with Gasteiger partial charge in [0.05, 0.1) is 39.5 Å². The van der Waals surface area contributed by atoms with Crippen LogP contribution in [0.5, 0.6) is 23.0 Å². The first-order chi connectivity index (χ1) is 38.1. The Hall–Kier alpha value is -5.91. The number of hydrogen-bond acceptors (Lipinski definition) is 12. The molecule has 10 rings (SSSR count). The standard InChI is InChI=1S/C16H13BrOS.C16H16O2S.C16H14OS.C9H9BrO.C7H8OS.BHNS/c1-10-3-5-11(6-4-10)16-15(17)13-8-7-12(18-2)9-14(13)19-16;1-12-6-8-13(9-7-12)16(17)11-19-15-5-3-4-14(10-15)18-2;1-11-3-5-12(6-4-11)15-9-13-7-8-14(17-2)10-16(13)18-15;1-7-2-4-8(5-3-7)9(11)6-10;1-8-6-3-2-4-7(9)5-6;1-2-3/h3-9H,1-2H3;3-10H,11H2,1-2H3;3-10H,1-2H3;2-5H,6H2,1H3;2-5,9H,1H3;3H. The number of fused-ring (bicyclic) bond motifs is 2. The van der Waals surface area contributed by atoms with E-state index in [9.17, 15) is 9.59 Å². The van der Waals surface area contributed by atoms with E-state index < -0.39 is 0 Å². The summed E-state index contributed by atoms with van der Waals surface area (Å²) in [6.07, 6.45) is 0. The zero-order valence-corrected chi connectivity index (χ0v) is 52.6. The van der Waals surface area contributed by atoms with E-state index in [0.29, 0.717) is 11.1 Å². The van der Waals surface area contributed by atoms with Crippen molar-refractivity contribution >= 4 is 131 Å². The van der Waals surface area contributed by atoms with E-state index in [1.807, 2.05) is 123 Å². The van der Waals surface area contributed by atoms with Gasteiger partial charge in [-0.05, 0) is 139 Å². The molecular weight excluding hydrogens is 1210 g/mol. The van der Waals surface area contributed by atoms with Crippen LogP contribution in [-0.2, 0) is 0 Å². The first-order valence-corrected chi connectivity index (χ1v) is 29.9. The molecule has 405 valence electrons. The Morgan fingerprint density at radius 1 is 0.544 bits per heavy atom. The summed E-state index contributed by atoms with van der Waals surface area (Å²) in [4.78, 5) is 27.6. The molecule has 0 saturated heterocycles. The van der Waals surface area contributed by atoms with Crippen molar-refractivity contribution in [1.82, 2.24) is 0 Å². The molecule has 0 aliphatic rings. The summed E-state index contributed by atoms with van der Waals surface area (Å²) in [5.41, 5.74) is 8.98. The third-order valence-corrected chi connectivity index (χ3v) is 16.8. The minimum absolute atomic E-state index is 0.130. The number of aryl methyl sites for hydroxylation is 4. The number of benzene rings is 8. The van der Waals surface area contributed by atoms with Gasteiger partial charge in [-0.15, -0.1) is 47.1 Å². The maximum atomic E-state index is 12.0.